The number of benzene rings is 1. The van der Waals surface area contributed by atoms with Crippen molar-refractivity contribution in [1.29, 1.82) is 0 Å². The topological polar surface area (TPSA) is 29.5 Å². The van der Waals surface area contributed by atoms with Gasteiger partial charge in [0, 0.05) is 19.3 Å². The van der Waals surface area contributed by atoms with Gasteiger partial charge in [0.15, 0.2) is 0 Å². The molecule has 0 aliphatic heterocycles. The molecule has 1 fully saturated rings. The van der Waals surface area contributed by atoms with E-state index >= 15 is 0 Å². The largest absolute Gasteiger partial charge is 0.469 e. The molecule has 0 aromatic heterocycles. The Morgan fingerprint density at radius 3 is 2.50 bits per heavy atom. The van der Waals surface area contributed by atoms with Gasteiger partial charge in [0.2, 0.25) is 0 Å². The van der Waals surface area contributed by atoms with E-state index in [1.807, 2.05) is 37.4 Å². The van der Waals surface area contributed by atoms with E-state index < -0.39 is 0 Å². The average Bonchev–Trinajstić information content (AvgIpc) is 3.10. The summed E-state index contributed by atoms with van der Waals surface area (Å²) in [5.41, 5.74) is 0.886. The van der Waals surface area contributed by atoms with E-state index in [1.54, 1.807) is 0 Å². The summed E-state index contributed by atoms with van der Waals surface area (Å²) >= 11 is 0. The van der Waals surface area contributed by atoms with Gasteiger partial charge in [-0.1, -0.05) is 18.2 Å². The van der Waals surface area contributed by atoms with Gasteiger partial charge in [0.25, 0.3) is 0 Å². The fourth-order valence-electron chi connectivity index (χ4n) is 2.02. The quantitative estimate of drug-likeness (QED) is 0.726. The molecule has 0 spiro atoms. The molecule has 0 N–H and O–H groups in total. The van der Waals surface area contributed by atoms with Gasteiger partial charge in [-0.05, 0) is 25.0 Å². The van der Waals surface area contributed by atoms with Crippen molar-refractivity contribution in [2.75, 3.05) is 25.6 Å². The predicted molar refractivity (Wildman–Crippen MR) is 63.4 cm³/mol. The maximum absolute atomic E-state index is 11.6. The van der Waals surface area contributed by atoms with E-state index in [2.05, 4.69) is 4.90 Å². The van der Waals surface area contributed by atoms with Crippen molar-refractivity contribution in [2.24, 2.45) is 5.41 Å². The lowest BCUT2D eigenvalue weighted by Crippen LogP contribution is -2.32. The van der Waals surface area contributed by atoms with Crippen LogP contribution in [0.2, 0.25) is 0 Å². The lowest BCUT2D eigenvalue weighted by molar-refractivity contribution is -0.146. The van der Waals surface area contributed by atoms with Gasteiger partial charge in [-0.3, -0.25) is 4.79 Å². The second-order valence-corrected chi connectivity index (χ2v) is 4.46. The van der Waals surface area contributed by atoms with Crippen LogP contribution in [0.25, 0.3) is 0 Å². The number of hydrogen-bond donors (Lipinski definition) is 0. The molecule has 0 atom stereocenters. The summed E-state index contributed by atoms with van der Waals surface area (Å²) in [6.07, 6.45) is 1.88. The second-order valence-electron chi connectivity index (χ2n) is 4.46. The Balaban J connectivity index is 2.03. The van der Waals surface area contributed by atoms with Gasteiger partial charge in [-0.25, -0.2) is 0 Å². The fraction of sp³-hybridized carbons (Fsp3) is 0.462. The summed E-state index contributed by atoms with van der Waals surface area (Å²) in [5, 5.41) is 0. The molecule has 1 aromatic rings. The van der Waals surface area contributed by atoms with Crippen LogP contribution in [0.3, 0.4) is 0 Å². The number of esters is 1. The van der Waals surface area contributed by atoms with Gasteiger partial charge < -0.3 is 9.64 Å². The number of hydrogen-bond acceptors (Lipinski definition) is 3. The number of para-hydroxylation sites is 1. The standard InChI is InChI=1S/C13H17NO2/c1-14(11-6-4-3-5-7-11)10-13(8-9-13)12(15)16-2/h3-7H,8-10H2,1-2H3. The maximum atomic E-state index is 11.6. The Labute approximate surface area is 96.0 Å². The monoisotopic (exact) mass is 219 g/mol. The van der Waals surface area contributed by atoms with Crippen LogP contribution in [0.5, 0.6) is 0 Å². The smallest absolute Gasteiger partial charge is 0.313 e. The number of methoxy groups -OCH3 is 1. The lowest BCUT2D eigenvalue weighted by atomic mass is 10.1. The zero-order valence-corrected chi connectivity index (χ0v) is 9.77. The number of carbonyl (C=O) groups excluding carboxylic acids is 1. The van der Waals surface area contributed by atoms with Crippen molar-refractivity contribution < 1.29 is 9.53 Å². The van der Waals surface area contributed by atoms with Crippen LogP contribution in [0.15, 0.2) is 30.3 Å². The first-order valence-electron chi connectivity index (χ1n) is 5.52. The molecule has 16 heavy (non-hydrogen) atoms. The molecular weight excluding hydrogens is 202 g/mol. The van der Waals surface area contributed by atoms with Gasteiger partial charge in [0.1, 0.15) is 0 Å². The molecule has 1 aliphatic rings. The van der Waals surface area contributed by atoms with E-state index in [0.717, 1.165) is 25.1 Å². The van der Waals surface area contributed by atoms with Crippen LogP contribution < -0.4 is 4.90 Å². The number of nitrogens with zero attached hydrogens (tertiary/aromatic N) is 1. The number of carbonyl (C=O) groups is 1. The first-order chi connectivity index (χ1) is 7.68. The first kappa shape index (κ1) is 11.0. The van der Waals surface area contributed by atoms with Crippen LogP contribution in [-0.4, -0.2) is 26.7 Å². The molecule has 0 unspecified atom stereocenters. The van der Waals surface area contributed by atoms with Crippen LogP contribution in [0.1, 0.15) is 12.8 Å². The normalized spacial score (nSPS) is 16.6. The van der Waals surface area contributed by atoms with Crippen LogP contribution in [0.4, 0.5) is 5.69 Å². The van der Waals surface area contributed by atoms with E-state index in [0.29, 0.717) is 0 Å². The Bertz CT molecular complexity index is 371. The summed E-state index contributed by atoms with van der Waals surface area (Å²) in [4.78, 5) is 13.7. The minimum Gasteiger partial charge on any atom is -0.469 e. The first-order valence-corrected chi connectivity index (χ1v) is 5.52. The zero-order valence-electron chi connectivity index (χ0n) is 9.77. The van der Waals surface area contributed by atoms with E-state index in [4.69, 9.17) is 4.74 Å². The molecule has 0 saturated heterocycles. The van der Waals surface area contributed by atoms with Gasteiger partial charge in [-0.2, -0.15) is 0 Å². The minimum absolute atomic E-state index is 0.0738. The van der Waals surface area contributed by atoms with Crippen LogP contribution >= 0.6 is 0 Å². The van der Waals surface area contributed by atoms with E-state index in [9.17, 15) is 4.79 Å². The molecule has 86 valence electrons. The predicted octanol–water partition coefficient (Wildman–Crippen LogP) is 2.08. The Morgan fingerprint density at radius 1 is 1.38 bits per heavy atom. The minimum atomic E-state index is -0.251. The third-order valence-corrected chi connectivity index (χ3v) is 3.21. The molecule has 1 saturated carbocycles. The molecule has 0 radical (unpaired) electrons. The van der Waals surface area contributed by atoms with E-state index in [-0.39, 0.29) is 11.4 Å². The molecular formula is C13H17NO2. The van der Waals surface area contributed by atoms with Crippen molar-refractivity contribution in [1.82, 2.24) is 0 Å². The summed E-state index contributed by atoms with van der Waals surface area (Å²) < 4.78 is 4.85. The van der Waals surface area contributed by atoms with Crippen LogP contribution in [-0.2, 0) is 9.53 Å². The number of anilines is 1. The third-order valence-electron chi connectivity index (χ3n) is 3.21. The number of rotatable bonds is 4. The Hall–Kier alpha value is -1.51. The van der Waals surface area contributed by atoms with Crippen LogP contribution in [0, 0.1) is 5.41 Å². The third kappa shape index (κ3) is 2.03. The van der Waals surface area contributed by atoms with Crippen molar-refractivity contribution >= 4 is 11.7 Å². The number of ether oxygens (including phenoxy) is 1. The molecule has 1 aliphatic carbocycles. The maximum Gasteiger partial charge on any atom is 0.313 e. The van der Waals surface area contributed by atoms with Crippen molar-refractivity contribution in [2.45, 2.75) is 12.8 Å². The van der Waals surface area contributed by atoms with Crippen molar-refractivity contribution in [3.63, 3.8) is 0 Å². The molecule has 2 rings (SSSR count). The highest BCUT2D eigenvalue weighted by molar-refractivity contribution is 5.80. The zero-order chi connectivity index (χ0) is 11.6. The van der Waals surface area contributed by atoms with Gasteiger partial charge >= 0.3 is 5.97 Å². The average molecular weight is 219 g/mol. The molecule has 0 amide bonds. The second kappa shape index (κ2) is 4.16. The van der Waals surface area contributed by atoms with Gasteiger partial charge in [-0.15, -0.1) is 0 Å². The summed E-state index contributed by atoms with van der Waals surface area (Å²) in [5.74, 6) is -0.0738. The molecule has 3 heteroatoms. The summed E-state index contributed by atoms with van der Waals surface area (Å²) in [6, 6.07) is 10.1. The fourth-order valence-corrected chi connectivity index (χ4v) is 2.02. The molecule has 3 nitrogen and oxygen atoms in total. The highest BCUT2D eigenvalue weighted by Gasteiger charge is 2.51. The lowest BCUT2D eigenvalue weighted by Gasteiger charge is -2.23. The Kier molecular flexibility index (Phi) is 2.86. The molecule has 1 aromatic carbocycles. The Morgan fingerprint density at radius 2 is 2.00 bits per heavy atom. The SMILES string of the molecule is COC(=O)C1(CN(C)c2ccccc2)CC1. The van der Waals surface area contributed by atoms with Crippen molar-refractivity contribution in [3.05, 3.63) is 30.3 Å². The molecule has 0 heterocycles. The highest BCUT2D eigenvalue weighted by atomic mass is 16.5. The van der Waals surface area contributed by atoms with E-state index in [1.165, 1.54) is 7.11 Å². The highest BCUT2D eigenvalue weighted by Crippen LogP contribution is 2.47. The molecule has 0 bridgehead atoms. The van der Waals surface area contributed by atoms with Crippen molar-refractivity contribution in [3.8, 4) is 0 Å². The van der Waals surface area contributed by atoms with Gasteiger partial charge in [0.05, 0.1) is 12.5 Å². The summed E-state index contributed by atoms with van der Waals surface area (Å²) in [7, 11) is 3.48. The summed E-state index contributed by atoms with van der Waals surface area (Å²) in [6.45, 7) is 0.740.